The number of nitrogens with one attached hydrogen (secondary N) is 1. The number of likely N-dealkylation sites (N-methyl/N-ethyl adjacent to an activating group) is 1. The molecular weight excluding hydrogens is 406 g/mol. The van der Waals surface area contributed by atoms with Crippen LogP contribution in [0.5, 0.6) is 11.5 Å². The van der Waals surface area contributed by atoms with E-state index in [1.807, 2.05) is 13.1 Å². The molecule has 162 valence electrons. The van der Waals surface area contributed by atoms with Gasteiger partial charge in [0.2, 0.25) is 10.0 Å². The number of ether oxygens (including phenoxy) is 2. The molecule has 3 rings (SSSR count). The third-order valence-corrected chi connectivity index (χ3v) is 6.85. The molecule has 0 unspecified atom stereocenters. The largest absolute Gasteiger partial charge is 0.493 e. The molecule has 0 atom stereocenters. The van der Waals surface area contributed by atoms with Gasteiger partial charge < -0.3 is 19.7 Å². The molecule has 0 spiro atoms. The number of para-hydroxylation sites is 2. The highest BCUT2D eigenvalue weighted by atomic mass is 32.2. The van der Waals surface area contributed by atoms with Crippen LogP contribution in [-0.4, -0.2) is 70.5 Å². The second-order valence-corrected chi connectivity index (χ2v) is 9.01. The molecule has 1 aliphatic rings. The van der Waals surface area contributed by atoms with Crippen molar-refractivity contribution < 1.29 is 22.7 Å². The first kappa shape index (κ1) is 22.1. The number of rotatable bonds is 8. The maximum Gasteiger partial charge on any atom is 0.258 e. The smallest absolute Gasteiger partial charge is 0.258 e. The molecule has 0 radical (unpaired) electrons. The van der Waals surface area contributed by atoms with Crippen molar-refractivity contribution in [2.45, 2.75) is 11.4 Å². The summed E-state index contributed by atoms with van der Waals surface area (Å²) in [6.45, 7) is 2.56. The lowest BCUT2D eigenvalue weighted by Gasteiger charge is -2.31. The highest BCUT2D eigenvalue weighted by molar-refractivity contribution is 7.89. The SMILES string of the molecule is COc1ccccc1OCC(=O)NCc1ccc(S(=O)(=O)N2CCN(C)CC2)cc1. The van der Waals surface area contributed by atoms with Gasteiger partial charge in [-0.2, -0.15) is 4.31 Å². The molecule has 1 saturated heterocycles. The zero-order valence-electron chi connectivity index (χ0n) is 17.2. The van der Waals surface area contributed by atoms with E-state index in [1.54, 1.807) is 42.5 Å². The quantitative estimate of drug-likeness (QED) is 0.676. The second-order valence-electron chi connectivity index (χ2n) is 7.07. The van der Waals surface area contributed by atoms with E-state index < -0.39 is 10.0 Å². The number of methoxy groups -OCH3 is 1. The van der Waals surface area contributed by atoms with E-state index in [0.29, 0.717) is 24.6 Å². The van der Waals surface area contributed by atoms with Gasteiger partial charge in [-0.15, -0.1) is 0 Å². The zero-order chi connectivity index (χ0) is 21.6. The number of sulfonamides is 1. The average molecular weight is 434 g/mol. The molecular formula is C21H27N3O5S. The third-order valence-electron chi connectivity index (χ3n) is 4.94. The van der Waals surface area contributed by atoms with E-state index in [4.69, 9.17) is 9.47 Å². The van der Waals surface area contributed by atoms with E-state index in [2.05, 4.69) is 10.2 Å². The van der Waals surface area contributed by atoms with Crippen LogP contribution in [0.3, 0.4) is 0 Å². The molecule has 30 heavy (non-hydrogen) atoms. The summed E-state index contributed by atoms with van der Waals surface area (Å²) in [6.07, 6.45) is 0. The predicted octanol–water partition coefficient (Wildman–Crippen LogP) is 1.33. The van der Waals surface area contributed by atoms with Gasteiger partial charge in [0.25, 0.3) is 5.91 Å². The summed E-state index contributed by atoms with van der Waals surface area (Å²) >= 11 is 0. The molecule has 0 aliphatic carbocycles. The molecule has 1 amide bonds. The van der Waals surface area contributed by atoms with E-state index in [9.17, 15) is 13.2 Å². The number of hydrogen-bond acceptors (Lipinski definition) is 6. The van der Waals surface area contributed by atoms with Gasteiger partial charge in [0.15, 0.2) is 18.1 Å². The lowest BCUT2D eigenvalue weighted by Crippen LogP contribution is -2.47. The monoisotopic (exact) mass is 433 g/mol. The Hall–Kier alpha value is -2.62. The first-order valence-electron chi connectivity index (χ1n) is 9.70. The number of carbonyl (C=O) groups is 1. The van der Waals surface area contributed by atoms with Crippen molar-refractivity contribution in [2.24, 2.45) is 0 Å². The van der Waals surface area contributed by atoms with Crippen LogP contribution in [0, 0.1) is 0 Å². The fourth-order valence-electron chi connectivity index (χ4n) is 3.09. The van der Waals surface area contributed by atoms with Gasteiger partial charge in [-0.25, -0.2) is 8.42 Å². The number of piperazine rings is 1. The molecule has 1 heterocycles. The van der Waals surface area contributed by atoms with Crippen LogP contribution < -0.4 is 14.8 Å². The number of hydrogen-bond donors (Lipinski definition) is 1. The topological polar surface area (TPSA) is 88.2 Å². The second kappa shape index (κ2) is 9.92. The number of amides is 1. The molecule has 1 fully saturated rings. The lowest BCUT2D eigenvalue weighted by atomic mass is 10.2. The highest BCUT2D eigenvalue weighted by Crippen LogP contribution is 2.25. The van der Waals surface area contributed by atoms with E-state index in [0.717, 1.165) is 18.7 Å². The van der Waals surface area contributed by atoms with Gasteiger partial charge in [0.05, 0.1) is 12.0 Å². The Morgan fingerprint density at radius 1 is 1.00 bits per heavy atom. The summed E-state index contributed by atoms with van der Waals surface area (Å²) in [6, 6.07) is 13.7. The van der Waals surface area contributed by atoms with Crippen LogP contribution in [0.2, 0.25) is 0 Å². The molecule has 2 aromatic carbocycles. The van der Waals surface area contributed by atoms with Gasteiger partial charge in [0.1, 0.15) is 0 Å². The fraction of sp³-hybridized carbons (Fsp3) is 0.381. The lowest BCUT2D eigenvalue weighted by molar-refractivity contribution is -0.123. The van der Waals surface area contributed by atoms with Crippen LogP contribution in [0.15, 0.2) is 53.4 Å². The van der Waals surface area contributed by atoms with Crippen LogP contribution in [0.1, 0.15) is 5.56 Å². The Balaban J connectivity index is 1.51. The first-order chi connectivity index (χ1) is 14.4. The number of nitrogens with zero attached hydrogens (tertiary/aromatic N) is 2. The van der Waals surface area contributed by atoms with Gasteiger partial charge in [0, 0.05) is 32.7 Å². The predicted molar refractivity (Wildman–Crippen MR) is 113 cm³/mol. The number of carbonyl (C=O) groups excluding carboxylic acids is 1. The summed E-state index contributed by atoms with van der Waals surface area (Å²) in [5.74, 6) is 0.770. The van der Waals surface area contributed by atoms with Crippen molar-refractivity contribution in [3.63, 3.8) is 0 Å². The molecule has 1 aliphatic heterocycles. The third kappa shape index (κ3) is 5.50. The van der Waals surface area contributed by atoms with Crippen LogP contribution in [0.4, 0.5) is 0 Å². The Labute approximate surface area is 177 Å². The van der Waals surface area contributed by atoms with Crippen molar-refractivity contribution in [2.75, 3.05) is 46.9 Å². The van der Waals surface area contributed by atoms with Crippen molar-refractivity contribution in [3.05, 3.63) is 54.1 Å². The molecule has 1 N–H and O–H groups in total. The standard InChI is InChI=1S/C21H27N3O5S/c1-23-11-13-24(14-12-23)30(26,27)18-9-7-17(8-10-18)15-22-21(25)16-29-20-6-4-3-5-19(20)28-2/h3-10H,11-16H2,1-2H3,(H,22,25). The maximum atomic E-state index is 12.8. The Kier molecular flexibility index (Phi) is 7.30. The van der Waals surface area contributed by atoms with Crippen LogP contribution >= 0.6 is 0 Å². The Morgan fingerprint density at radius 2 is 1.63 bits per heavy atom. The van der Waals surface area contributed by atoms with Gasteiger partial charge >= 0.3 is 0 Å². The molecule has 0 aromatic heterocycles. The summed E-state index contributed by atoms with van der Waals surface area (Å²) in [5, 5.41) is 2.76. The summed E-state index contributed by atoms with van der Waals surface area (Å²) in [7, 11) is 0.0262. The highest BCUT2D eigenvalue weighted by Gasteiger charge is 2.27. The minimum absolute atomic E-state index is 0.143. The van der Waals surface area contributed by atoms with Crippen molar-refractivity contribution >= 4 is 15.9 Å². The summed E-state index contributed by atoms with van der Waals surface area (Å²) < 4.78 is 37.7. The van der Waals surface area contributed by atoms with Crippen molar-refractivity contribution in [1.82, 2.24) is 14.5 Å². The van der Waals surface area contributed by atoms with Gasteiger partial charge in [-0.05, 0) is 36.9 Å². The molecule has 0 saturated carbocycles. The summed E-state index contributed by atoms with van der Waals surface area (Å²) in [4.78, 5) is 14.4. The van der Waals surface area contributed by atoms with Gasteiger partial charge in [-0.3, -0.25) is 4.79 Å². The summed E-state index contributed by atoms with van der Waals surface area (Å²) in [5.41, 5.74) is 0.804. The van der Waals surface area contributed by atoms with Crippen molar-refractivity contribution in [3.8, 4) is 11.5 Å². The minimum atomic E-state index is -3.49. The molecule has 9 heteroatoms. The molecule has 8 nitrogen and oxygen atoms in total. The van der Waals surface area contributed by atoms with E-state index >= 15 is 0 Å². The molecule has 0 bridgehead atoms. The average Bonchev–Trinajstić information content (AvgIpc) is 2.77. The van der Waals surface area contributed by atoms with Gasteiger partial charge in [-0.1, -0.05) is 24.3 Å². The van der Waals surface area contributed by atoms with E-state index in [1.165, 1.54) is 11.4 Å². The first-order valence-corrected chi connectivity index (χ1v) is 11.1. The molecule has 2 aromatic rings. The zero-order valence-corrected chi connectivity index (χ0v) is 18.0. The normalized spacial score (nSPS) is 15.5. The number of benzene rings is 2. The van der Waals surface area contributed by atoms with Crippen LogP contribution in [0.25, 0.3) is 0 Å². The minimum Gasteiger partial charge on any atom is -0.493 e. The Morgan fingerprint density at radius 3 is 2.27 bits per heavy atom. The van der Waals surface area contributed by atoms with Crippen LogP contribution in [-0.2, 0) is 21.4 Å². The Bertz CT molecular complexity index is 955. The maximum absolute atomic E-state index is 12.8. The van der Waals surface area contributed by atoms with E-state index in [-0.39, 0.29) is 24.0 Å². The van der Waals surface area contributed by atoms with Crippen molar-refractivity contribution in [1.29, 1.82) is 0 Å². The fourth-order valence-corrected chi connectivity index (χ4v) is 4.51.